The SMILES string of the molecule is Cc1nc2sccn2c1C(=O)NCc1ccc2nc(N3CCC(c4ccc(OC(F)(F)F)cc4)CC3)ccc2c1. The van der Waals surface area contributed by atoms with Crippen LogP contribution < -0.4 is 15.0 Å². The minimum Gasteiger partial charge on any atom is -0.406 e. The number of nitrogens with one attached hydrogen (secondary N) is 1. The average Bonchev–Trinajstić information content (AvgIpc) is 3.51. The lowest BCUT2D eigenvalue weighted by Crippen LogP contribution is -2.33. The van der Waals surface area contributed by atoms with E-state index >= 15 is 0 Å². The van der Waals surface area contributed by atoms with Crippen molar-refractivity contribution in [2.24, 2.45) is 0 Å². The van der Waals surface area contributed by atoms with E-state index < -0.39 is 6.36 Å². The van der Waals surface area contributed by atoms with E-state index in [0.29, 0.717) is 17.9 Å². The zero-order valence-electron chi connectivity index (χ0n) is 21.6. The van der Waals surface area contributed by atoms with Gasteiger partial charge in [-0.3, -0.25) is 9.20 Å². The van der Waals surface area contributed by atoms with Crippen molar-refractivity contribution in [1.29, 1.82) is 0 Å². The molecular formula is C29H26F3N5O2S. The first-order valence-corrected chi connectivity index (χ1v) is 13.8. The third-order valence-corrected chi connectivity index (χ3v) is 8.00. The summed E-state index contributed by atoms with van der Waals surface area (Å²) in [6.45, 7) is 3.84. The normalized spacial score (nSPS) is 14.7. The molecule has 6 rings (SSSR count). The Labute approximate surface area is 232 Å². The van der Waals surface area contributed by atoms with Gasteiger partial charge in [0, 0.05) is 36.6 Å². The molecule has 1 N–H and O–H groups in total. The minimum atomic E-state index is -4.69. The molecule has 0 unspecified atom stereocenters. The molecule has 0 spiro atoms. The number of aromatic nitrogens is 3. The molecule has 1 aliphatic heterocycles. The van der Waals surface area contributed by atoms with Gasteiger partial charge in [-0.2, -0.15) is 0 Å². The molecule has 0 aliphatic carbocycles. The average molecular weight is 566 g/mol. The number of imidazole rings is 1. The topological polar surface area (TPSA) is 71.8 Å². The van der Waals surface area contributed by atoms with Crippen molar-refractivity contribution in [3.8, 4) is 5.75 Å². The van der Waals surface area contributed by atoms with Gasteiger partial charge in [0.05, 0.1) is 11.2 Å². The van der Waals surface area contributed by atoms with Crippen LogP contribution in [-0.4, -0.2) is 39.7 Å². The van der Waals surface area contributed by atoms with E-state index in [1.807, 2.05) is 53.2 Å². The maximum atomic E-state index is 12.8. The standard InChI is InChI=1S/C29H26F3N5O2S/c1-18-26(37-14-15-40-28(37)34-18)27(38)33-17-19-2-8-24-22(16-19)5-9-25(35-24)36-12-10-21(11-13-36)20-3-6-23(7-4-20)39-29(30,31)32/h2-9,14-16,21H,10-13,17H2,1H3,(H,33,38). The molecule has 3 aromatic heterocycles. The number of ether oxygens (including phenoxy) is 1. The highest BCUT2D eigenvalue weighted by Crippen LogP contribution is 2.32. The number of halogens is 3. The Balaban J connectivity index is 1.07. The fourth-order valence-corrected chi connectivity index (χ4v) is 6.03. The third kappa shape index (κ3) is 5.46. The highest BCUT2D eigenvalue weighted by Gasteiger charge is 2.31. The molecule has 0 bridgehead atoms. The van der Waals surface area contributed by atoms with Crippen LogP contribution in [0.25, 0.3) is 15.9 Å². The molecule has 1 fully saturated rings. The largest absolute Gasteiger partial charge is 0.573 e. The van der Waals surface area contributed by atoms with E-state index in [9.17, 15) is 18.0 Å². The quantitative estimate of drug-likeness (QED) is 0.256. The van der Waals surface area contributed by atoms with Crippen LogP contribution in [0.4, 0.5) is 19.0 Å². The molecular weight excluding hydrogens is 539 g/mol. The van der Waals surface area contributed by atoms with E-state index in [-0.39, 0.29) is 17.6 Å². The highest BCUT2D eigenvalue weighted by molar-refractivity contribution is 7.15. The van der Waals surface area contributed by atoms with Crippen LogP contribution in [0.15, 0.2) is 66.2 Å². The van der Waals surface area contributed by atoms with Crippen molar-refractivity contribution in [2.45, 2.75) is 38.6 Å². The second-order valence-corrected chi connectivity index (χ2v) is 10.7. The first-order chi connectivity index (χ1) is 19.2. The van der Waals surface area contributed by atoms with Crippen LogP contribution in [-0.2, 0) is 6.54 Å². The number of hydrogen-bond donors (Lipinski definition) is 1. The van der Waals surface area contributed by atoms with Crippen LogP contribution in [0.1, 0.15) is 46.1 Å². The van der Waals surface area contributed by atoms with Crippen LogP contribution in [0.2, 0.25) is 0 Å². The van der Waals surface area contributed by atoms with Crippen molar-refractivity contribution >= 4 is 38.9 Å². The van der Waals surface area contributed by atoms with Gasteiger partial charge in [0.2, 0.25) is 0 Å². The second-order valence-electron chi connectivity index (χ2n) is 9.86. The molecule has 1 amide bonds. The number of fused-ring (bicyclic) bond motifs is 2. The van der Waals surface area contributed by atoms with Crippen LogP contribution in [0.3, 0.4) is 0 Å². The fraction of sp³-hybridized carbons (Fsp3) is 0.276. The number of aryl methyl sites for hydroxylation is 1. The highest BCUT2D eigenvalue weighted by atomic mass is 32.1. The van der Waals surface area contributed by atoms with E-state index in [1.165, 1.54) is 23.5 Å². The van der Waals surface area contributed by atoms with E-state index in [2.05, 4.69) is 19.9 Å². The number of nitrogens with zero attached hydrogens (tertiary/aromatic N) is 4. The Kier molecular flexibility index (Phi) is 6.83. The predicted molar refractivity (Wildman–Crippen MR) is 148 cm³/mol. The number of amides is 1. The molecule has 11 heteroatoms. The Morgan fingerprint density at radius 1 is 1.07 bits per heavy atom. The van der Waals surface area contributed by atoms with Gasteiger partial charge < -0.3 is 15.0 Å². The minimum absolute atomic E-state index is 0.161. The van der Waals surface area contributed by atoms with E-state index in [1.54, 1.807) is 12.1 Å². The summed E-state index contributed by atoms with van der Waals surface area (Å²) in [6.07, 6.45) is -1.07. The number of benzene rings is 2. The summed E-state index contributed by atoms with van der Waals surface area (Å²) in [5.74, 6) is 0.812. The Bertz CT molecular complexity index is 1670. The van der Waals surface area contributed by atoms with Gasteiger partial charge in [-0.05, 0) is 73.2 Å². The smallest absolute Gasteiger partial charge is 0.406 e. The third-order valence-electron chi connectivity index (χ3n) is 7.25. The molecule has 1 aliphatic rings. The number of hydrogen-bond acceptors (Lipinski definition) is 6. The van der Waals surface area contributed by atoms with Gasteiger partial charge in [0.25, 0.3) is 5.91 Å². The zero-order chi connectivity index (χ0) is 27.9. The number of carbonyl (C=O) groups excluding carboxylic acids is 1. The molecule has 40 heavy (non-hydrogen) atoms. The second kappa shape index (κ2) is 10.5. The summed E-state index contributed by atoms with van der Waals surface area (Å²) in [4.78, 5) is 25.2. The fourth-order valence-electron chi connectivity index (χ4n) is 5.27. The number of rotatable bonds is 6. The van der Waals surface area contributed by atoms with Gasteiger partial charge in [-0.15, -0.1) is 24.5 Å². The summed E-state index contributed by atoms with van der Waals surface area (Å²) in [5, 5.41) is 5.90. The molecule has 206 valence electrons. The lowest BCUT2D eigenvalue weighted by Gasteiger charge is -2.33. The summed E-state index contributed by atoms with van der Waals surface area (Å²) >= 11 is 1.49. The Morgan fingerprint density at radius 2 is 1.85 bits per heavy atom. The summed E-state index contributed by atoms with van der Waals surface area (Å²) in [7, 11) is 0. The van der Waals surface area contributed by atoms with Crippen molar-refractivity contribution in [1.82, 2.24) is 19.7 Å². The van der Waals surface area contributed by atoms with Gasteiger partial charge in [-0.25, -0.2) is 9.97 Å². The van der Waals surface area contributed by atoms with Crippen LogP contribution >= 0.6 is 11.3 Å². The molecule has 0 saturated carbocycles. The van der Waals surface area contributed by atoms with Crippen molar-refractivity contribution < 1.29 is 22.7 Å². The lowest BCUT2D eigenvalue weighted by atomic mass is 9.89. The summed E-state index contributed by atoms with van der Waals surface area (Å²) in [5.41, 5.74) is 4.13. The first-order valence-electron chi connectivity index (χ1n) is 12.9. The monoisotopic (exact) mass is 565 g/mol. The van der Waals surface area contributed by atoms with E-state index in [0.717, 1.165) is 58.7 Å². The lowest BCUT2D eigenvalue weighted by molar-refractivity contribution is -0.274. The molecule has 1 saturated heterocycles. The van der Waals surface area contributed by atoms with Gasteiger partial charge in [0.15, 0.2) is 4.96 Å². The van der Waals surface area contributed by atoms with Crippen LogP contribution in [0, 0.1) is 6.92 Å². The zero-order valence-corrected chi connectivity index (χ0v) is 22.4. The number of carbonyl (C=O) groups is 1. The number of thiazole rings is 1. The van der Waals surface area contributed by atoms with Crippen molar-refractivity contribution in [3.05, 3.63) is 88.7 Å². The molecule has 2 aromatic carbocycles. The molecule has 4 heterocycles. The summed E-state index contributed by atoms with van der Waals surface area (Å²) in [6, 6.07) is 16.2. The molecule has 5 aromatic rings. The maximum Gasteiger partial charge on any atom is 0.573 e. The van der Waals surface area contributed by atoms with Gasteiger partial charge in [-0.1, -0.05) is 18.2 Å². The number of anilines is 1. The summed E-state index contributed by atoms with van der Waals surface area (Å²) < 4.78 is 43.1. The number of pyridine rings is 1. The number of piperidine rings is 1. The molecule has 0 atom stereocenters. The van der Waals surface area contributed by atoms with E-state index in [4.69, 9.17) is 4.98 Å². The van der Waals surface area contributed by atoms with Crippen molar-refractivity contribution in [2.75, 3.05) is 18.0 Å². The van der Waals surface area contributed by atoms with Gasteiger partial charge >= 0.3 is 6.36 Å². The van der Waals surface area contributed by atoms with Crippen molar-refractivity contribution in [3.63, 3.8) is 0 Å². The van der Waals surface area contributed by atoms with Gasteiger partial charge in [0.1, 0.15) is 17.3 Å². The molecule has 0 radical (unpaired) electrons. The Morgan fingerprint density at radius 3 is 2.60 bits per heavy atom. The van der Waals surface area contributed by atoms with Crippen LogP contribution in [0.5, 0.6) is 5.75 Å². The number of alkyl halides is 3. The first kappa shape index (κ1) is 26.1. The molecule has 7 nitrogen and oxygen atoms in total. The Hall–Kier alpha value is -4.12. The predicted octanol–water partition coefficient (Wildman–Crippen LogP) is 6.47. The maximum absolute atomic E-state index is 12.8.